The number of nitrogens with two attached hydrogens (primary N) is 1. The van der Waals surface area contributed by atoms with Crippen molar-refractivity contribution in [2.24, 2.45) is 11.7 Å². The Kier molecular flexibility index (Phi) is 3.78. The predicted molar refractivity (Wildman–Crippen MR) is 66.5 cm³/mol. The number of amides is 2. The topological polar surface area (TPSA) is 63.4 Å². The number of piperidine rings is 1. The molecule has 1 aromatic heterocycles. The zero-order valence-electron chi connectivity index (χ0n) is 9.59. The first kappa shape index (κ1) is 12.1. The Bertz CT molecular complexity index is 403. The maximum Gasteiger partial charge on any atom is 0.227 e. The van der Waals surface area contributed by atoms with Crippen LogP contribution < -0.4 is 5.73 Å². The van der Waals surface area contributed by atoms with Gasteiger partial charge in [-0.2, -0.15) is 0 Å². The van der Waals surface area contributed by atoms with Crippen molar-refractivity contribution >= 4 is 23.2 Å². The Labute approximate surface area is 104 Å². The van der Waals surface area contributed by atoms with Crippen molar-refractivity contribution in [3.05, 3.63) is 22.4 Å². The van der Waals surface area contributed by atoms with E-state index in [1.54, 1.807) is 16.2 Å². The van der Waals surface area contributed by atoms with Crippen LogP contribution in [0.4, 0.5) is 0 Å². The molecule has 1 aromatic rings. The number of carbonyl (C=O) groups excluding carboxylic acids is 2. The van der Waals surface area contributed by atoms with Crippen molar-refractivity contribution in [2.45, 2.75) is 19.3 Å². The first-order valence-corrected chi connectivity index (χ1v) is 6.64. The third-order valence-electron chi connectivity index (χ3n) is 3.08. The Hall–Kier alpha value is -1.36. The molecule has 1 aliphatic heterocycles. The van der Waals surface area contributed by atoms with Gasteiger partial charge in [0.2, 0.25) is 11.8 Å². The molecule has 1 saturated heterocycles. The van der Waals surface area contributed by atoms with Crippen LogP contribution in [0, 0.1) is 5.92 Å². The van der Waals surface area contributed by atoms with Gasteiger partial charge in [-0.1, -0.05) is 6.07 Å². The van der Waals surface area contributed by atoms with Gasteiger partial charge in [0.25, 0.3) is 0 Å². The maximum absolute atomic E-state index is 12.0. The number of hydrogen-bond acceptors (Lipinski definition) is 3. The SMILES string of the molecule is NC(=O)C1CCCN(C(=O)Cc2cccs2)C1. The van der Waals surface area contributed by atoms with Crippen molar-refractivity contribution in [3.8, 4) is 0 Å². The monoisotopic (exact) mass is 252 g/mol. The van der Waals surface area contributed by atoms with Crippen LogP contribution in [0.5, 0.6) is 0 Å². The number of carbonyl (C=O) groups is 2. The van der Waals surface area contributed by atoms with E-state index in [0.717, 1.165) is 24.3 Å². The summed E-state index contributed by atoms with van der Waals surface area (Å²) in [5, 5.41) is 1.96. The van der Waals surface area contributed by atoms with E-state index in [1.807, 2.05) is 17.5 Å². The van der Waals surface area contributed by atoms with E-state index < -0.39 is 0 Å². The van der Waals surface area contributed by atoms with Gasteiger partial charge in [-0.15, -0.1) is 11.3 Å². The second-order valence-corrected chi connectivity index (χ2v) is 5.37. The molecule has 2 heterocycles. The lowest BCUT2D eigenvalue weighted by molar-refractivity contribution is -0.134. The molecule has 2 N–H and O–H groups in total. The number of likely N-dealkylation sites (tertiary alicyclic amines) is 1. The molecule has 0 spiro atoms. The van der Waals surface area contributed by atoms with Crippen LogP contribution in [0.15, 0.2) is 17.5 Å². The number of thiophene rings is 1. The molecular weight excluding hydrogens is 236 g/mol. The second-order valence-electron chi connectivity index (χ2n) is 4.34. The number of primary amides is 1. The van der Waals surface area contributed by atoms with Crippen LogP contribution in [-0.2, 0) is 16.0 Å². The quantitative estimate of drug-likeness (QED) is 0.872. The molecule has 1 unspecified atom stereocenters. The molecule has 1 atom stereocenters. The Morgan fingerprint density at radius 3 is 3.00 bits per heavy atom. The standard InChI is InChI=1S/C12H16N2O2S/c13-12(16)9-3-1-5-14(8-9)11(15)7-10-4-2-6-17-10/h2,4,6,9H,1,3,5,7-8H2,(H2,13,16). The lowest BCUT2D eigenvalue weighted by Crippen LogP contribution is -2.44. The highest BCUT2D eigenvalue weighted by molar-refractivity contribution is 7.10. The van der Waals surface area contributed by atoms with E-state index in [1.165, 1.54) is 0 Å². The smallest absolute Gasteiger partial charge is 0.227 e. The van der Waals surface area contributed by atoms with Crippen LogP contribution in [-0.4, -0.2) is 29.8 Å². The van der Waals surface area contributed by atoms with Gasteiger partial charge >= 0.3 is 0 Å². The minimum absolute atomic E-state index is 0.0957. The molecule has 92 valence electrons. The van der Waals surface area contributed by atoms with Crippen molar-refractivity contribution in [3.63, 3.8) is 0 Å². The third-order valence-corrected chi connectivity index (χ3v) is 3.96. The van der Waals surface area contributed by atoms with Crippen molar-refractivity contribution < 1.29 is 9.59 Å². The summed E-state index contributed by atoms with van der Waals surface area (Å²) in [6, 6.07) is 3.90. The normalized spacial score (nSPS) is 20.2. The summed E-state index contributed by atoms with van der Waals surface area (Å²) in [4.78, 5) is 26.0. The maximum atomic E-state index is 12.0. The fourth-order valence-corrected chi connectivity index (χ4v) is 2.81. The summed E-state index contributed by atoms with van der Waals surface area (Å²) in [5.74, 6) is -0.368. The average Bonchev–Trinajstić information content (AvgIpc) is 2.82. The van der Waals surface area contributed by atoms with E-state index in [-0.39, 0.29) is 17.7 Å². The van der Waals surface area contributed by atoms with Gasteiger partial charge in [0, 0.05) is 18.0 Å². The lowest BCUT2D eigenvalue weighted by atomic mass is 9.97. The predicted octanol–water partition coefficient (Wildman–Crippen LogP) is 1.01. The fourth-order valence-electron chi connectivity index (χ4n) is 2.11. The van der Waals surface area contributed by atoms with Gasteiger partial charge in [0.15, 0.2) is 0 Å². The Morgan fingerprint density at radius 2 is 2.35 bits per heavy atom. The molecule has 0 radical (unpaired) electrons. The first-order valence-electron chi connectivity index (χ1n) is 5.76. The second kappa shape index (κ2) is 5.31. The molecule has 0 bridgehead atoms. The van der Waals surface area contributed by atoms with E-state index in [2.05, 4.69) is 0 Å². The van der Waals surface area contributed by atoms with Gasteiger partial charge < -0.3 is 10.6 Å². The van der Waals surface area contributed by atoms with Crippen molar-refractivity contribution in [1.29, 1.82) is 0 Å². The fraction of sp³-hybridized carbons (Fsp3) is 0.500. The third kappa shape index (κ3) is 3.06. The lowest BCUT2D eigenvalue weighted by Gasteiger charge is -2.31. The van der Waals surface area contributed by atoms with E-state index in [9.17, 15) is 9.59 Å². The molecule has 0 saturated carbocycles. The molecule has 1 fully saturated rings. The van der Waals surface area contributed by atoms with E-state index >= 15 is 0 Å². The minimum atomic E-state index is -0.293. The van der Waals surface area contributed by atoms with Gasteiger partial charge in [-0.25, -0.2) is 0 Å². The van der Waals surface area contributed by atoms with Crippen LogP contribution in [0.3, 0.4) is 0 Å². The van der Waals surface area contributed by atoms with Crippen LogP contribution >= 0.6 is 11.3 Å². The summed E-state index contributed by atoms with van der Waals surface area (Å²) in [7, 11) is 0. The largest absolute Gasteiger partial charge is 0.369 e. The van der Waals surface area contributed by atoms with Crippen molar-refractivity contribution in [1.82, 2.24) is 4.90 Å². The molecule has 17 heavy (non-hydrogen) atoms. The molecule has 1 aliphatic rings. The molecule has 0 aliphatic carbocycles. The zero-order valence-corrected chi connectivity index (χ0v) is 10.4. The van der Waals surface area contributed by atoms with Gasteiger partial charge in [0.05, 0.1) is 12.3 Å². The number of hydrogen-bond donors (Lipinski definition) is 1. The summed E-state index contributed by atoms with van der Waals surface area (Å²) in [5.41, 5.74) is 5.29. The average molecular weight is 252 g/mol. The summed E-state index contributed by atoms with van der Waals surface area (Å²) in [6.45, 7) is 1.23. The summed E-state index contributed by atoms with van der Waals surface area (Å²) >= 11 is 1.58. The van der Waals surface area contributed by atoms with Gasteiger partial charge in [-0.05, 0) is 24.3 Å². The van der Waals surface area contributed by atoms with Gasteiger partial charge in [-0.3, -0.25) is 9.59 Å². The molecule has 4 nitrogen and oxygen atoms in total. The Morgan fingerprint density at radius 1 is 1.53 bits per heavy atom. The number of rotatable bonds is 3. The highest BCUT2D eigenvalue weighted by atomic mass is 32.1. The highest BCUT2D eigenvalue weighted by Gasteiger charge is 2.26. The van der Waals surface area contributed by atoms with Crippen LogP contribution in [0.1, 0.15) is 17.7 Å². The molecule has 2 amide bonds. The summed E-state index contributed by atoms with van der Waals surface area (Å²) in [6.07, 6.45) is 2.10. The first-order chi connectivity index (χ1) is 8.16. The number of nitrogens with zero attached hydrogens (tertiary/aromatic N) is 1. The molecule has 2 rings (SSSR count). The van der Waals surface area contributed by atoms with Crippen LogP contribution in [0.2, 0.25) is 0 Å². The van der Waals surface area contributed by atoms with Crippen LogP contribution in [0.25, 0.3) is 0 Å². The molecule has 0 aromatic carbocycles. The zero-order chi connectivity index (χ0) is 12.3. The molecular formula is C12H16N2O2S. The van der Waals surface area contributed by atoms with E-state index in [0.29, 0.717) is 13.0 Å². The highest BCUT2D eigenvalue weighted by Crippen LogP contribution is 2.18. The van der Waals surface area contributed by atoms with Crippen molar-refractivity contribution in [2.75, 3.05) is 13.1 Å². The van der Waals surface area contributed by atoms with E-state index in [4.69, 9.17) is 5.73 Å². The summed E-state index contributed by atoms with van der Waals surface area (Å²) < 4.78 is 0. The Balaban J connectivity index is 1.93. The molecule has 5 heteroatoms. The minimum Gasteiger partial charge on any atom is -0.369 e. The van der Waals surface area contributed by atoms with Gasteiger partial charge in [0.1, 0.15) is 0 Å².